The molecule has 3 N–H and O–H groups in total. The molecule has 1 fully saturated rings. The van der Waals surface area contributed by atoms with Crippen LogP contribution in [0.15, 0.2) is 48.7 Å². The molecule has 0 spiro atoms. The lowest BCUT2D eigenvalue weighted by Gasteiger charge is -2.15. The van der Waals surface area contributed by atoms with Gasteiger partial charge in [0.25, 0.3) is 0 Å². The summed E-state index contributed by atoms with van der Waals surface area (Å²) in [5, 5.41) is 6.37. The molecule has 5 nitrogen and oxygen atoms in total. The van der Waals surface area contributed by atoms with Crippen molar-refractivity contribution in [3.8, 4) is 0 Å². The van der Waals surface area contributed by atoms with Gasteiger partial charge in [-0.25, -0.2) is 4.39 Å². The molecular weight excluding hydrogens is 333 g/mol. The van der Waals surface area contributed by atoms with Crippen molar-refractivity contribution in [2.45, 2.75) is 25.2 Å². The second kappa shape index (κ2) is 5.98. The lowest BCUT2D eigenvalue weighted by Crippen LogP contribution is -2.27. The van der Waals surface area contributed by atoms with E-state index >= 15 is 0 Å². The molecule has 3 aromatic rings. The third-order valence-corrected chi connectivity index (χ3v) is 4.81. The largest absolute Gasteiger partial charge is 0.361 e. The van der Waals surface area contributed by atoms with Crippen LogP contribution >= 0.6 is 0 Å². The van der Waals surface area contributed by atoms with Crippen LogP contribution in [0.25, 0.3) is 10.9 Å². The number of aromatic amines is 1. The third kappa shape index (κ3) is 2.83. The van der Waals surface area contributed by atoms with Gasteiger partial charge in [0.15, 0.2) is 0 Å². The summed E-state index contributed by atoms with van der Waals surface area (Å²) < 4.78 is 13.6. The Morgan fingerprint density at radius 2 is 1.69 bits per heavy atom. The molecule has 0 atom stereocenters. The highest BCUT2D eigenvalue weighted by atomic mass is 19.1. The first-order valence-electron chi connectivity index (χ1n) is 8.44. The van der Waals surface area contributed by atoms with Crippen LogP contribution in [0.5, 0.6) is 0 Å². The van der Waals surface area contributed by atoms with Crippen LogP contribution in [-0.4, -0.2) is 16.8 Å². The number of aromatic nitrogens is 1. The Morgan fingerprint density at radius 3 is 2.31 bits per heavy atom. The Labute approximate surface area is 149 Å². The van der Waals surface area contributed by atoms with Gasteiger partial charge >= 0.3 is 0 Å². The first kappa shape index (κ1) is 16.3. The summed E-state index contributed by atoms with van der Waals surface area (Å²) in [6.45, 7) is 1.44. The Kier molecular flexibility index (Phi) is 3.76. The normalized spacial score (nSPS) is 14.8. The average molecular weight is 351 g/mol. The highest BCUT2D eigenvalue weighted by Crippen LogP contribution is 2.51. The summed E-state index contributed by atoms with van der Waals surface area (Å²) in [5.74, 6) is -0.566. The van der Waals surface area contributed by atoms with Crippen molar-refractivity contribution in [1.29, 1.82) is 0 Å². The van der Waals surface area contributed by atoms with Crippen LogP contribution < -0.4 is 10.6 Å². The van der Waals surface area contributed by atoms with E-state index in [9.17, 15) is 14.0 Å². The molecule has 1 saturated carbocycles. The van der Waals surface area contributed by atoms with E-state index in [1.165, 1.54) is 19.1 Å². The number of nitrogens with one attached hydrogen (secondary N) is 3. The number of H-pyrrole nitrogens is 1. The summed E-state index contributed by atoms with van der Waals surface area (Å²) in [6.07, 6.45) is 3.26. The predicted octanol–water partition coefficient (Wildman–Crippen LogP) is 3.94. The summed E-state index contributed by atoms with van der Waals surface area (Å²) >= 11 is 0. The maximum absolute atomic E-state index is 13.6. The second-order valence-electron chi connectivity index (χ2n) is 6.69. The molecule has 0 radical (unpaired) electrons. The third-order valence-electron chi connectivity index (χ3n) is 4.81. The van der Waals surface area contributed by atoms with Gasteiger partial charge in [0.05, 0.1) is 5.41 Å². The van der Waals surface area contributed by atoms with Gasteiger partial charge in [0.1, 0.15) is 5.82 Å². The Balaban J connectivity index is 1.57. The minimum Gasteiger partial charge on any atom is -0.361 e. The van der Waals surface area contributed by atoms with Crippen molar-refractivity contribution in [2.75, 3.05) is 10.6 Å². The zero-order valence-electron chi connectivity index (χ0n) is 14.2. The standard InChI is InChI=1S/C20H18FN3O2/c1-12(25)23-14-3-5-15(6-4-14)24-19(26)20(8-9-20)17-11-22-18-7-2-13(21)10-16(17)18/h2-7,10-11,22H,8-9H2,1H3,(H,23,25)(H,24,26). The highest BCUT2D eigenvalue weighted by molar-refractivity contribution is 6.04. The maximum atomic E-state index is 13.6. The van der Waals surface area contributed by atoms with E-state index in [1.54, 1.807) is 36.5 Å². The number of hydrogen-bond acceptors (Lipinski definition) is 2. The average Bonchev–Trinajstić information content (AvgIpc) is 3.30. The minimum absolute atomic E-state index is 0.102. The monoisotopic (exact) mass is 351 g/mol. The van der Waals surface area contributed by atoms with E-state index in [1.807, 2.05) is 0 Å². The number of halogens is 1. The molecule has 0 unspecified atom stereocenters. The highest BCUT2D eigenvalue weighted by Gasteiger charge is 2.52. The molecule has 26 heavy (non-hydrogen) atoms. The maximum Gasteiger partial charge on any atom is 0.235 e. The van der Waals surface area contributed by atoms with E-state index in [0.717, 1.165) is 29.3 Å². The number of fused-ring (bicyclic) bond motifs is 1. The summed E-state index contributed by atoms with van der Waals surface area (Å²) in [6, 6.07) is 11.5. The molecule has 1 aliphatic rings. The molecule has 2 amide bonds. The van der Waals surface area contributed by atoms with Crippen molar-refractivity contribution in [3.63, 3.8) is 0 Å². The number of hydrogen-bond donors (Lipinski definition) is 3. The molecule has 1 aliphatic carbocycles. The van der Waals surface area contributed by atoms with E-state index < -0.39 is 5.41 Å². The van der Waals surface area contributed by atoms with E-state index in [0.29, 0.717) is 11.4 Å². The van der Waals surface area contributed by atoms with Crippen LogP contribution in [0.4, 0.5) is 15.8 Å². The van der Waals surface area contributed by atoms with E-state index in [2.05, 4.69) is 15.6 Å². The minimum atomic E-state index is -0.623. The molecule has 1 heterocycles. The fraction of sp³-hybridized carbons (Fsp3) is 0.200. The van der Waals surface area contributed by atoms with Crippen LogP contribution in [0.2, 0.25) is 0 Å². The number of benzene rings is 2. The molecule has 0 saturated heterocycles. The van der Waals surface area contributed by atoms with Crippen molar-refractivity contribution < 1.29 is 14.0 Å². The second-order valence-corrected chi connectivity index (χ2v) is 6.69. The van der Waals surface area contributed by atoms with E-state index in [-0.39, 0.29) is 17.6 Å². The number of carbonyl (C=O) groups is 2. The van der Waals surface area contributed by atoms with Crippen LogP contribution in [0, 0.1) is 5.82 Å². The number of anilines is 2. The number of amides is 2. The van der Waals surface area contributed by atoms with E-state index in [4.69, 9.17) is 0 Å². The Morgan fingerprint density at radius 1 is 1.04 bits per heavy atom. The zero-order valence-corrected chi connectivity index (χ0v) is 14.2. The molecule has 132 valence electrons. The Bertz CT molecular complexity index is 1000. The Hall–Kier alpha value is -3.15. The van der Waals surface area contributed by atoms with Gasteiger partial charge in [-0.05, 0) is 60.9 Å². The molecule has 6 heteroatoms. The predicted molar refractivity (Wildman–Crippen MR) is 98.5 cm³/mol. The fourth-order valence-corrected chi connectivity index (χ4v) is 3.32. The van der Waals surface area contributed by atoms with Crippen LogP contribution in [-0.2, 0) is 15.0 Å². The lowest BCUT2D eigenvalue weighted by atomic mass is 9.94. The SMILES string of the molecule is CC(=O)Nc1ccc(NC(=O)C2(c3c[nH]c4ccc(F)cc34)CC2)cc1. The molecule has 2 aromatic carbocycles. The summed E-state index contributed by atoms with van der Waals surface area (Å²) in [4.78, 5) is 27.1. The number of rotatable bonds is 4. The smallest absolute Gasteiger partial charge is 0.235 e. The fourth-order valence-electron chi connectivity index (χ4n) is 3.32. The van der Waals surface area contributed by atoms with Gasteiger partial charge in [0.2, 0.25) is 11.8 Å². The van der Waals surface area contributed by atoms with Crippen molar-refractivity contribution >= 4 is 34.1 Å². The van der Waals surface area contributed by atoms with Crippen molar-refractivity contribution in [2.24, 2.45) is 0 Å². The lowest BCUT2D eigenvalue weighted by molar-refractivity contribution is -0.118. The quantitative estimate of drug-likeness (QED) is 0.666. The van der Waals surface area contributed by atoms with Crippen LogP contribution in [0.1, 0.15) is 25.3 Å². The zero-order chi connectivity index (χ0) is 18.3. The van der Waals surface area contributed by atoms with Gasteiger partial charge < -0.3 is 15.6 Å². The van der Waals surface area contributed by atoms with Gasteiger partial charge in [-0.15, -0.1) is 0 Å². The molecular formula is C20H18FN3O2. The van der Waals surface area contributed by atoms with Gasteiger partial charge in [-0.3, -0.25) is 9.59 Å². The van der Waals surface area contributed by atoms with Crippen molar-refractivity contribution in [3.05, 3.63) is 60.0 Å². The molecule has 0 bridgehead atoms. The van der Waals surface area contributed by atoms with Gasteiger partial charge in [-0.1, -0.05) is 0 Å². The first-order chi connectivity index (χ1) is 12.5. The van der Waals surface area contributed by atoms with Gasteiger partial charge in [0, 0.05) is 35.4 Å². The number of carbonyl (C=O) groups excluding carboxylic acids is 2. The molecule has 4 rings (SSSR count). The topological polar surface area (TPSA) is 74.0 Å². The molecule has 1 aromatic heterocycles. The van der Waals surface area contributed by atoms with Gasteiger partial charge in [-0.2, -0.15) is 0 Å². The molecule has 0 aliphatic heterocycles. The summed E-state index contributed by atoms with van der Waals surface area (Å²) in [5.41, 5.74) is 2.35. The summed E-state index contributed by atoms with van der Waals surface area (Å²) in [7, 11) is 0. The van der Waals surface area contributed by atoms with Crippen molar-refractivity contribution in [1.82, 2.24) is 4.98 Å². The first-order valence-corrected chi connectivity index (χ1v) is 8.44. The van der Waals surface area contributed by atoms with Crippen LogP contribution in [0.3, 0.4) is 0 Å².